The Hall–Kier alpha value is -2.32. The molecule has 0 fully saturated rings. The van der Waals surface area contributed by atoms with Gasteiger partial charge in [-0.05, 0) is 38.1 Å². The quantitative estimate of drug-likeness (QED) is 0.781. The second kappa shape index (κ2) is 8.77. The number of rotatable bonds is 5. The van der Waals surface area contributed by atoms with Gasteiger partial charge in [-0.15, -0.1) is 0 Å². The Labute approximate surface area is 125 Å². The van der Waals surface area contributed by atoms with Crippen LogP contribution in [0.4, 0.5) is 0 Å². The van der Waals surface area contributed by atoms with Gasteiger partial charge in [0.1, 0.15) is 6.61 Å². The largest absolute Gasteiger partial charge is 0.384 e. The molecule has 0 unspecified atom stereocenters. The van der Waals surface area contributed by atoms with E-state index >= 15 is 0 Å². The molecule has 0 radical (unpaired) electrons. The fourth-order valence-corrected chi connectivity index (χ4v) is 1.77. The predicted octanol–water partition coefficient (Wildman–Crippen LogP) is 0.629. The normalized spacial score (nSPS) is 9.48. The van der Waals surface area contributed by atoms with Crippen LogP contribution in [0.2, 0.25) is 0 Å². The van der Waals surface area contributed by atoms with Crippen molar-refractivity contribution in [1.82, 2.24) is 10.2 Å². The van der Waals surface area contributed by atoms with E-state index in [0.717, 1.165) is 5.56 Å². The smallest absolute Gasteiger partial charge is 0.254 e. The molecule has 2 N–H and O–H groups in total. The average Bonchev–Trinajstić information content (AvgIpc) is 2.50. The monoisotopic (exact) mass is 288 g/mol. The van der Waals surface area contributed by atoms with E-state index in [-0.39, 0.29) is 25.0 Å². The van der Waals surface area contributed by atoms with E-state index in [1.165, 1.54) is 4.90 Å². The second-order valence-electron chi connectivity index (χ2n) is 4.31. The van der Waals surface area contributed by atoms with Gasteiger partial charge >= 0.3 is 0 Å². The van der Waals surface area contributed by atoms with Gasteiger partial charge in [0.2, 0.25) is 5.91 Å². The topological polar surface area (TPSA) is 69.6 Å². The molecule has 0 aliphatic heterocycles. The number of carbonyl (C=O) groups excluding carboxylic acids is 2. The lowest BCUT2D eigenvalue weighted by atomic mass is 10.1. The highest BCUT2D eigenvalue weighted by Gasteiger charge is 2.16. The zero-order valence-corrected chi connectivity index (χ0v) is 12.3. The average molecular weight is 288 g/mol. The van der Waals surface area contributed by atoms with Gasteiger partial charge < -0.3 is 15.3 Å². The molecule has 21 heavy (non-hydrogen) atoms. The summed E-state index contributed by atoms with van der Waals surface area (Å²) in [5, 5.41) is 11.3. The fraction of sp³-hybridized carbons (Fsp3) is 0.375. The first-order valence-electron chi connectivity index (χ1n) is 6.88. The number of amides is 2. The molecule has 2 amide bonds. The van der Waals surface area contributed by atoms with Crippen molar-refractivity contribution in [3.8, 4) is 11.8 Å². The lowest BCUT2D eigenvalue weighted by molar-refractivity contribution is -0.121. The van der Waals surface area contributed by atoms with Crippen LogP contribution in [0, 0.1) is 11.8 Å². The molecule has 0 bridgehead atoms. The van der Waals surface area contributed by atoms with Crippen molar-refractivity contribution in [1.29, 1.82) is 0 Å². The van der Waals surface area contributed by atoms with E-state index in [1.807, 2.05) is 13.8 Å². The zero-order chi connectivity index (χ0) is 15.7. The van der Waals surface area contributed by atoms with Crippen molar-refractivity contribution in [2.75, 3.05) is 26.2 Å². The highest BCUT2D eigenvalue weighted by atomic mass is 16.2. The second-order valence-corrected chi connectivity index (χ2v) is 4.31. The standard InChI is InChI=1S/C16H20N2O3/c1-3-17-15(20)12-18(4-2)16(21)14-9-7-13(8-10-14)6-5-11-19/h7-10,19H,3-4,11-12H2,1-2H3,(H,17,20). The minimum Gasteiger partial charge on any atom is -0.384 e. The third kappa shape index (κ3) is 5.28. The van der Waals surface area contributed by atoms with E-state index in [4.69, 9.17) is 5.11 Å². The van der Waals surface area contributed by atoms with Crippen LogP contribution >= 0.6 is 0 Å². The number of likely N-dealkylation sites (N-methyl/N-ethyl adjacent to an activating group) is 2. The van der Waals surface area contributed by atoms with Crippen LogP contribution < -0.4 is 5.32 Å². The number of carbonyl (C=O) groups is 2. The van der Waals surface area contributed by atoms with E-state index in [0.29, 0.717) is 18.7 Å². The van der Waals surface area contributed by atoms with Crippen molar-refractivity contribution in [2.24, 2.45) is 0 Å². The van der Waals surface area contributed by atoms with E-state index < -0.39 is 0 Å². The minimum atomic E-state index is -0.198. The SMILES string of the molecule is CCNC(=O)CN(CC)C(=O)c1ccc(C#CCO)cc1. The number of aliphatic hydroxyl groups excluding tert-OH is 1. The zero-order valence-electron chi connectivity index (χ0n) is 12.3. The third-order valence-corrected chi connectivity index (χ3v) is 2.82. The first-order chi connectivity index (χ1) is 10.1. The first-order valence-corrected chi connectivity index (χ1v) is 6.88. The van der Waals surface area contributed by atoms with Crippen LogP contribution in [0.15, 0.2) is 24.3 Å². The van der Waals surface area contributed by atoms with E-state index in [1.54, 1.807) is 24.3 Å². The summed E-state index contributed by atoms with van der Waals surface area (Å²) in [6.45, 7) is 4.53. The number of benzene rings is 1. The molecule has 0 heterocycles. The molecule has 0 spiro atoms. The summed E-state index contributed by atoms with van der Waals surface area (Å²) in [6, 6.07) is 6.78. The maximum Gasteiger partial charge on any atom is 0.254 e. The molecule has 1 rings (SSSR count). The van der Waals surface area contributed by atoms with E-state index in [2.05, 4.69) is 17.2 Å². The summed E-state index contributed by atoms with van der Waals surface area (Å²) in [5.41, 5.74) is 1.24. The van der Waals surface area contributed by atoms with Crippen molar-refractivity contribution < 1.29 is 14.7 Å². The molecular formula is C16H20N2O3. The van der Waals surface area contributed by atoms with Gasteiger partial charge in [-0.2, -0.15) is 0 Å². The summed E-state index contributed by atoms with van der Waals surface area (Å²) >= 11 is 0. The predicted molar refractivity (Wildman–Crippen MR) is 80.7 cm³/mol. The highest BCUT2D eigenvalue weighted by molar-refractivity contribution is 5.96. The molecule has 0 aliphatic rings. The Balaban J connectivity index is 2.78. The Morgan fingerprint density at radius 2 is 1.90 bits per heavy atom. The summed E-state index contributed by atoms with van der Waals surface area (Å²) in [5.74, 6) is 4.95. The van der Waals surface area contributed by atoms with Gasteiger partial charge in [-0.1, -0.05) is 11.8 Å². The molecule has 1 aromatic carbocycles. The van der Waals surface area contributed by atoms with Gasteiger partial charge in [0.15, 0.2) is 0 Å². The maximum atomic E-state index is 12.3. The lowest BCUT2D eigenvalue weighted by Gasteiger charge is -2.20. The van der Waals surface area contributed by atoms with Crippen molar-refractivity contribution in [3.05, 3.63) is 35.4 Å². The van der Waals surface area contributed by atoms with Gasteiger partial charge in [0, 0.05) is 24.2 Å². The van der Waals surface area contributed by atoms with Crippen LogP contribution in [0.1, 0.15) is 29.8 Å². The number of nitrogens with zero attached hydrogens (tertiary/aromatic N) is 1. The summed E-state index contributed by atoms with van der Waals surface area (Å²) < 4.78 is 0. The van der Waals surface area contributed by atoms with Gasteiger partial charge in [0.25, 0.3) is 5.91 Å². The molecule has 0 saturated heterocycles. The van der Waals surface area contributed by atoms with Crippen LogP contribution in [-0.2, 0) is 4.79 Å². The van der Waals surface area contributed by atoms with Crippen LogP contribution in [0.25, 0.3) is 0 Å². The van der Waals surface area contributed by atoms with Gasteiger partial charge in [-0.3, -0.25) is 9.59 Å². The molecule has 5 heteroatoms. The number of hydrogen-bond donors (Lipinski definition) is 2. The molecule has 1 aromatic rings. The van der Waals surface area contributed by atoms with Crippen LogP contribution in [0.5, 0.6) is 0 Å². The van der Waals surface area contributed by atoms with Crippen LogP contribution in [-0.4, -0.2) is 48.1 Å². The molecule has 0 atom stereocenters. The Kier molecular flexibility index (Phi) is 6.99. The highest BCUT2D eigenvalue weighted by Crippen LogP contribution is 2.07. The van der Waals surface area contributed by atoms with Gasteiger partial charge in [-0.25, -0.2) is 0 Å². The molecule has 0 aliphatic carbocycles. The first kappa shape index (κ1) is 16.7. The Bertz CT molecular complexity index is 541. The number of nitrogens with one attached hydrogen (secondary N) is 1. The minimum absolute atomic E-state index is 0.0508. The third-order valence-electron chi connectivity index (χ3n) is 2.82. The van der Waals surface area contributed by atoms with Crippen molar-refractivity contribution >= 4 is 11.8 Å². The summed E-state index contributed by atoms with van der Waals surface area (Å²) in [4.78, 5) is 25.4. The van der Waals surface area contributed by atoms with E-state index in [9.17, 15) is 9.59 Å². The van der Waals surface area contributed by atoms with Crippen LogP contribution in [0.3, 0.4) is 0 Å². The summed E-state index contributed by atoms with van der Waals surface area (Å²) in [7, 11) is 0. The Morgan fingerprint density at radius 3 is 2.43 bits per heavy atom. The molecule has 0 saturated carbocycles. The Morgan fingerprint density at radius 1 is 1.24 bits per heavy atom. The fourth-order valence-electron chi connectivity index (χ4n) is 1.77. The number of hydrogen-bond acceptors (Lipinski definition) is 3. The lowest BCUT2D eigenvalue weighted by Crippen LogP contribution is -2.40. The molecular weight excluding hydrogens is 268 g/mol. The molecule has 5 nitrogen and oxygen atoms in total. The number of aliphatic hydroxyl groups is 1. The molecule has 112 valence electrons. The van der Waals surface area contributed by atoms with Crippen molar-refractivity contribution in [3.63, 3.8) is 0 Å². The molecule has 0 aromatic heterocycles. The maximum absolute atomic E-state index is 12.3. The van der Waals surface area contributed by atoms with Gasteiger partial charge in [0.05, 0.1) is 6.54 Å². The summed E-state index contributed by atoms with van der Waals surface area (Å²) in [6.07, 6.45) is 0. The van der Waals surface area contributed by atoms with Crippen molar-refractivity contribution in [2.45, 2.75) is 13.8 Å².